The Hall–Kier alpha value is -2.71. The van der Waals surface area contributed by atoms with Crippen molar-refractivity contribution in [2.75, 3.05) is 26.2 Å². The standard InChI is InChI=1S/C18H21N5O3/c24-12-15-18(26)22-7-6-21(11-16(22)17(25)20-15)9-13-8-19-23(10-13)14-4-2-1-3-5-14/h1-5,8,10,15-16,24H,6-7,9,11-12H2,(H,20,25)/t15-,16+/m0/s1. The first kappa shape index (κ1) is 16.7. The normalized spacial score (nSPS) is 23.7. The Balaban J connectivity index is 1.43. The van der Waals surface area contributed by atoms with Gasteiger partial charge in [0.1, 0.15) is 12.1 Å². The summed E-state index contributed by atoms with van der Waals surface area (Å²) in [6, 6.07) is 8.57. The molecule has 8 heteroatoms. The van der Waals surface area contributed by atoms with Gasteiger partial charge < -0.3 is 15.3 Å². The summed E-state index contributed by atoms with van der Waals surface area (Å²) >= 11 is 0. The van der Waals surface area contributed by atoms with Crippen molar-refractivity contribution in [2.24, 2.45) is 0 Å². The van der Waals surface area contributed by atoms with Crippen LogP contribution < -0.4 is 5.32 Å². The van der Waals surface area contributed by atoms with Gasteiger partial charge in [0.2, 0.25) is 11.8 Å². The van der Waals surface area contributed by atoms with Crippen molar-refractivity contribution < 1.29 is 14.7 Å². The number of piperazine rings is 2. The molecule has 136 valence electrons. The van der Waals surface area contributed by atoms with Crippen molar-refractivity contribution in [1.29, 1.82) is 0 Å². The minimum atomic E-state index is -0.811. The molecule has 4 rings (SSSR count). The number of rotatable bonds is 4. The van der Waals surface area contributed by atoms with Crippen LogP contribution in [0.2, 0.25) is 0 Å². The van der Waals surface area contributed by atoms with Crippen LogP contribution in [0.15, 0.2) is 42.7 Å². The number of hydrogen-bond acceptors (Lipinski definition) is 5. The fourth-order valence-electron chi connectivity index (χ4n) is 3.55. The number of aliphatic hydroxyl groups is 1. The van der Waals surface area contributed by atoms with Crippen LogP contribution in [-0.4, -0.2) is 74.8 Å². The molecule has 3 heterocycles. The number of amides is 2. The van der Waals surface area contributed by atoms with Gasteiger partial charge in [-0.1, -0.05) is 18.2 Å². The number of fused-ring (bicyclic) bond motifs is 1. The lowest BCUT2D eigenvalue weighted by atomic mass is 10.0. The van der Waals surface area contributed by atoms with Gasteiger partial charge in [-0.2, -0.15) is 5.10 Å². The van der Waals surface area contributed by atoms with E-state index in [2.05, 4.69) is 15.3 Å². The highest BCUT2D eigenvalue weighted by molar-refractivity contribution is 5.97. The zero-order chi connectivity index (χ0) is 18.1. The van der Waals surface area contributed by atoms with Crippen LogP contribution in [0, 0.1) is 0 Å². The molecule has 0 unspecified atom stereocenters. The third kappa shape index (κ3) is 3.09. The second-order valence-corrected chi connectivity index (χ2v) is 6.65. The molecule has 2 aliphatic heterocycles. The predicted octanol–water partition coefficient (Wildman–Crippen LogP) is -0.624. The minimum absolute atomic E-state index is 0.200. The predicted molar refractivity (Wildman–Crippen MR) is 93.4 cm³/mol. The Kier molecular flexibility index (Phi) is 4.44. The van der Waals surface area contributed by atoms with E-state index in [0.717, 1.165) is 11.3 Å². The molecule has 1 aromatic carbocycles. The second kappa shape index (κ2) is 6.89. The Morgan fingerprint density at radius 3 is 2.77 bits per heavy atom. The maximum absolute atomic E-state index is 12.3. The van der Waals surface area contributed by atoms with E-state index < -0.39 is 12.1 Å². The first-order valence-corrected chi connectivity index (χ1v) is 8.69. The molecule has 2 aliphatic rings. The number of aromatic nitrogens is 2. The van der Waals surface area contributed by atoms with Crippen molar-refractivity contribution in [3.63, 3.8) is 0 Å². The van der Waals surface area contributed by atoms with Crippen molar-refractivity contribution in [3.8, 4) is 5.69 Å². The molecule has 1 aromatic heterocycles. The number of aliphatic hydroxyl groups excluding tert-OH is 1. The highest BCUT2D eigenvalue weighted by Crippen LogP contribution is 2.18. The Morgan fingerprint density at radius 2 is 2.00 bits per heavy atom. The molecule has 2 N–H and O–H groups in total. The van der Waals surface area contributed by atoms with Gasteiger partial charge in [-0.15, -0.1) is 0 Å². The van der Waals surface area contributed by atoms with Crippen molar-refractivity contribution >= 4 is 11.8 Å². The van der Waals surface area contributed by atoms with E-state index in [0.29, 0.717) is 26.2 Å². The van der Waals surface area contributed by atoms with Crippen LogP contribution >= 0.6 is 0 Å². The maximum Gasteiger partial charge on any atom is 0.248 e. The number of benzene rings is 1. The van der Waals surface area contributed by atoms with Gasteiger partial charge in [-0.05, 0) is 12.1 Å². The SMILES string of the molecule is O=C1N[C@@H](CO)C(=O)N2CCN(Cc3cnn(-c4ccccc4)c3)C[C@H]12. The molecule has 8 nitrogen and oxygen atoms in total. The molecular formula is C18H21N5O3. The summed E-state index contributed by atoms with van der Waals surface area (Å²) in [5.74, 6) is -0.401. The molecule has 0 aliphatic carbocycles. The smallest absolute Gasteiger partial charge is 0.248 e. The van der Waals surface area contributed by atoms with E-state index in [1.165, 1.54) is 0 Å². The van der Waals surface area contributed by atoms with E-state index in [-0.39, 0.29) is 18.4 Å². The molecule has 0 spiro atoms. The van der Waals surface area contributed by atoms with Gasteiger partial charge in [-0.3, -0.25) is 14.5 Å². The number of carbonyl (C=O) groups is 2. The number of para-hydroxylation sites is 1. The zero-order valence-electron chi connectivity index (χ0n) is 14.3. The van der Waals surface area contributed by atoms with Crippen LogP contribution in [0.25, 0.3) is 5.69 Å². The van der Waals surface area contributed by atoms with E-state index in [4.69, 9.17) is 0 Å². The molecule has 2 saturated heterocycles. The lowest BCUT2D eigenvalue weighted by Gasteiger charge is -2.44. The summed E-state index contributed by atoms with van der Waals surface area (Å²) < 4.78 is 1.83. The van der Waals surface area contributed by atoms with Gasteiger partial charge in [0, 0.05) is 37.9 Å². The van der Waals surface area contributed by atoms with Crippen molar-refractivity contribution in [2.45, 2.75) is 18.6 Å². The largest absolute Gasteiger partial charge is 0.394 e. The van der Waals surface area contributed by atoms with Gasteiger partial charge in [0.25, 0.3) is 0 Å². The average molecular weight is 355 g/mol. The minimum Gasteiger partial charge on any atom is -0.394 e. The summed E-state index contributed by atoms with van der Waals surface area (Å²) in [5, 5.41) is 16.2. The van der Waals surface area contributed by atoms with E-state index in [9.17, 15) is 14.7 Å². The van der Waals surface area contributed by atoms with E-state index in [1.54, 1.807) is 4.90 Å². The maximum atomic E-state index is 12.3. The van der Waals surface area contributed by atoms with Crippen LogP contribution in [0.1, 0.15) is 5.56 Å². The highest BCUT2D eigenvalue weighted by Gasteiger charge is 2.43. The fourth-order valence-corrected chi connectivity index (χ4v) is 3.55. The topological polar surface area (TPSA) is 90.7 Å². The molecule has 0 radical (unpaired) electrons. The Morgan fingerprint density at radius 1 is 1.19 bits per heavy atom. The second-order valence-electron chi connectivity index (χ2n) is 6.65. The lowest BCUT2D eigenvalue weighted by Crippen LogP contribution is -2.69. The summed E-state index contributed by atoms with van der Waals surface area (Å²) in [6.07, 6.45) is 3.81. The van der Waals surface area contributed by atoms with Gasteiger partial charge in [0.05, 0.1) is 18.5 Å². The molecule has 0 saturated carbocycles. The highest BCUT2D eigenvalue weighted by atomic mass is 16.3. The molecular weight excluding hydrogens is 334 g/mol. The third-order valence-electron chi connectivity index (χ3n) is 4.91. The van der Waals surface area contributed by atoms with Crippen LogP contribution in [0.4, 0.5) is 0 Å². The molecule has 2 amide bonds. The van der Waals surface area contributed by atoms with Gasteiger partial charge in [0.15, 0.2) is 0 Å². The monoisotopic (exact) mass is 355 g/mol. The number of nitrogens with one attached hydrogen (secondary N) is 1. The van der Waals surface area contributed by atoms with Crippen LogP contribution in [0.3, 0.4) is 0 Å². The van der Waals surface area contributed by atoms with E-state index >= 15 is 0 Å². The molecule has 2 atom stereocenters. The fraction of sp³-hybridized carbons (Fsp3) is 0.389. The van der Waals surface area contributed by atoms with E-state index in [1.807, 2.05) is 47.4 Å². The van der Waals surface area contributed by atoms with Crippen LogP contribution in [-0.2, 0) is 16.1 Å². The summed E-state index contributed by atoms with van der Waals surface area (Å²) in [7, 11) is 0. The molecule has 2 aromatic rings. The Labute approximate surface area is 151 Å². The molecule has 0 bridgehead atoms. The Bertz CT molecular complexity index is 806. The summed E-state index contributed by atoms with van der Waals surface area (Å²) in [5.41, 5.74) is 2.05. The zero-order valence-corrected chi connectivity index (χ0v) is 14.3. The van der Waals surface area contributed by atoms with Gasteiger partial charge >= 0.3 is 0 Å². The molecule has 2 fully saturated rings. The average Bonchev–Trinajstić information content (AvgIpc) is 3.14. The number of carbonyl (C=O) groups excluding carboxylic acids is 2. The number of hydrogen-bond donors (Lipinski definition) is 2. The van der Waals surface area contributed by atoms with Crippen molar-refractivity contribution in [1.82, 2.24) is 24.9 Å². The lowest BCUT2D eigenvalue weighted by molar-refractivity contribution is -0.154. The summed E-state index contributed by atoms with van der Waals surface area (Å²) in [4.78, 5) is 28.3. The van der Waals surface area contributed by atoms with Crippen molar-refractivity contribution in [3.05, 3.63) is 48.3 Å². The van der Waals surface area contributed by atoms with Gasteiger partial charge in [-0.25, -0.2) is 4.68 Å². The van der Waals surface area contributed by atoms with Crippen LogP contribution in [0.5, 0.6) is 0 Å². The first-order chi connectivity index (χ1) is 12.7. The first-order valence-electron chi connectivity index (χ1n) is 8.69. The quantitative estimate of drug-likeness (QED) is 0.763. The molecule has 26 heavy (non-hydrogen) atoms. The summed E-state index contributed by atoms with van der Waals surface area (Å²) in [6.45, 7) is 1.95. The third-order valence-corrected chi connectivity index (χ3v) is 4.91. The number of nitrogens with zero attached hydrogens (tertiary/aromatic N) is 4.